The summed E-state index contributed by atoms with van der Waals surface area (Å²) in [6, 6.07) is 7.11. The molecule has 0 aromatic heterocycles. The number of nitrogens with zero attached hydrogens (tertiary/aromatic N) is 1. The number of carbonyl (C=O) groups is 1. The van der Waals surface area contributed by atoms with Gasteiger partial charge in [-0.25, -0.2) is 4.79 Å². The lowest BCUT2D eigenvalue weighted by Gasteiger charge is -2.27. The van der Waals surface area contributed by atoms with Crippen molar-refractivity contribution in [3.05, 3.63) is 34.9 Å². The minimum atomic E-state index is -0.135. The maximum absolute atomic E-state index is 12.5. The summed E-state index contributed by atoms with van der Waals surface area (Å²) in [6.07, 6.45) is 2.47. The van der Waals surface area contributed by atoms with Gasteiger partial charge in [-0.2, -0.15) is 0 Å². The summed E-state index contributed by atoms with van der Waals surface area (Å²) >= 11 is 5.92. The number of hydrogen-bond acceptors (Lipinski definition) is 3. The fraction of sp³-hybridized carbons (Fsp3) is 0.562. The fourth-order valence-corrected chi connectivity index (χ4v) is 2.90. The molecule has 2 atom stereocenters. The maximum Gasteiger partial charge on any atom is 0.318 e. The zero-order valence-corrected chi connectivity index (χ0v) is 13.6. The zero-order chi connectivity index (χ0) is 15.9. The van der Waals surface area contributed by atoms with E-state index in [9.17, 15) is 9.90 Å². The van der Waals surface area contributed by atoms with Gasteiger partial charge < -0.3 is 20.1 Å². The summed E-state index contributed by atoms with van der Waals surface area (Å²) in [5.41, 5.74) is 0.995. The molecule has 122 valence electrons. The molecule has 1 aromatic rings. The van der Waals surface area contributed by atoms with E-state index in [4.69, 9.17) is 16.3 Å². The Labute approximate surface area is 136 Å². The number of nitrogens with one attached hydrogen (secondary N) is 1. The van der Waals surface area contributed by atoms with Crippen LogP contribution >= 0.6 is 11.6 Å². The first-order valence-electron chi connectivity index (χ1n) is 7.58. The predicted octanol–water partition coefficient (Wildman–Crippen LogP) is 2.58. The molecule has 1 fully saturated rings. The van der Waals surface area contributed by atoms with Gasteiger partial charge in [0.15, 0.2) is 0 Å². The molecule has 1 aliphatic rings. The van der Waals surface area contributed by atoms with Crippen LogP contribution in [0.1, 0.15) is 30.9 Å². The van der Waals surface area contributed by atoms with Crippen LogP contribution in [0.25, 0.3) is 0 Å². The summed E-state index contributed by atoms with van der Waals surface area (Å²) in [5, 5.41) is 13.1. The molecule has 0 bridgehead atoms. The van der Waals surface area contributed by atoms with Gasteiger partial charge in [-0.1, -0.05) is 23.7 Å². The van der Waals surface area contributed by atoms with Crippen molar-refractivity contribution >= 4 is 17.6 Å². The van der Waals surface area contributed by atoms with Crippen molar-refractivity contribution in [1.29, 1.82) is 0 Å². The summed E-state index contributed by atoms with van der Waals surface area (Å²) in [4.78, 5) is 14.2. The lowest BCUT2D eigenvalue weighted by atomic mass is 10.0. The van der Waals surface area contributed by atoms with Crippen LogP contribution in [0.15, 0.2) is 24.3 Å². The van der Waals surface area contributed by atoms with E-state index in [-0.39, 0.29) is 24.7 Å². The van der Waals surface area contributed by atoms with Crippen LogP contribution in [0.2, 0.25) is 5.02 Å². The van der Waals surface area contributed by atoms with Crippen molar-refractivity contribution < 1.29 is 14.6 Å². The predicted molar refractivity (Wildman–Crippen MR) is 86.0 cm³/mol. The lowest BCUT2D eigenvalue weighted by Crippen LogP contribution is -2.45. The molecule has 22 heavy (non-hydrogen) atoms. The van der Waals surface area contributed by atoms with Crippen molar-refractivity contribution in [3.63, 3.8) is 0 Å². The topological polar surface area (TPSA) is 61.8 Å². The Morgan fingerprint density at radius 1 is 1.50 bits per heavy atom. The van der Waals surface area contributed by atoms with Crippen molar-refractivity contribution in [1.82, 2.24) is 10.2 Å². The van der Waals surface area contributed by atoms with E-state index in [1.54, 1.807) is 12.0 Å². The Hall–Kier alpha value is -1.30. The van der Waals surface area contributed by atoms with E-state index >= 15 is 0 Å². The highest BCUT2D eigenvalue weighted by Gasteiger charge is 2.29. The first-order valence-corrected chi connectivity index (χ1v) is 7.96. The molecule has 1 heterocycles. The number of halogens is 1. The number of benzene rings is 1. The highest BCUT2D eigenvalue weighted by Crippen LogP contribution is 2.22. The van der Waals surface area contributed by atoms with Gasteiger partial charge in [-0.15, -0.1) is 0 Å². The molecule has 1 aliphatic heterocycles. The number of aliphatic hydroxyl groups excluding tert-OH is 1. The van der Waals surface area contributed by atoms with Crippen molar-refractivity contribution in [2.45, 2.75) is 31.3 Å². The number of urea groups is 1. The highest BCUT2D eigenvalue weighted by atomic mass is 35.5. The Balaban J connectivity index is 2.05. The van der Waals surface area contributed by atoms with Crippen molar-refractivity contribution in [2.24, 2.45) is 0 Å². The zero-order valence-electron chi connectivity index (χ0n) is 12.8. The van der Waals surface area contributed by atoms with E-state index in [1.807, 2.05) is 24.3 Å². The monoisotopic (exact) mass is 326 g/mol. The Morgan fingerprint density at radius 2 is 2.23 bits per heavy atom. The Bertz CT molecular complexity index is 481. The molecule has 1 aromatic carbocycles. The molecule has 1 saturated heterocycles. The number of methoxy groups -OCH3 is 1. The average Bonchev–Trinajstić information content (AvgIpc) is 3.01. The lowest BCUT2D eigenvalue weighted by molar-refractivity contribution is 0.149. The van der Waals surface area contributed by atoms with Crippen LogP contribution in [-0.4, -0.2) is 48.9 Å². The van der Waals surface area contributed by atoms with Gasteiger partial charge in [0.25, 0.3) is 0 Å². The summed E-state index contributed by atoms with van der Waals surface area (Å²) in [5.74, 6) is 0. The molecular formula is C16H23ClN2O3. The van der Waals surface area contributed by atoms with Crippen LogP contribution in [-0.2, 0) is 4.74 Å². The molecule has 2 N–H and O–H groups in total. The molecule has 0 spiro atoms. The molecule has 0 aliphatic carbocycles. The van der Waals surface area contributed by atoms with Crippen LogP contribution in [0.5, 0.6) is 0 Å². The Morgan fingerprint density at radius 3 is 2.86 bits per heavy atom. The number of likely N-dealkylation sites (tertiary alicyclic amines) is 1. The number of amides is 2. The largest absolute Gasteiger partial charge is 0.394 e. The van der Waals surface area contributed by atoms with Gasteiger partial charge in [-0.05, 0) is 37.0 Å². The van der Waals surface area contributed by atoms with Gasteiger partial charge in [0.05, 0.1) is 18.7 Å². The van der Waals surface area contributed by atoms with Crippen LogP contribution in [0.3, 0.4) is 0 Å². The van der Waals surface area contributed by atoms with Crippen LogP contribution in [0.4, 0.5) is 4.79 Å². The van der Waals surface area contributed by atoms with Crippen molar-refractivity contribution in [2.75, 3.05) is 26.9 Å². The van der Waals surface area contributed by atoms with E-state index < -0.39 is 0 Å². The molecular weight excluding hydrogens is 304 g/mol. The molecule has 5 nitrogen and oxygen atoms in total. The molecule has 0 saturated carbocycles. The van der Waals surface area contributed by atoms with Crippen LogP contribution < -0.4 is 5.32 Å². The van der Waals surface area contributed by atoms with E-state index in [0.29, 0.717) is 24.6 Å². The normalized spacial score (nSPS) is 19.2. The third-order valence-electron chi connectivity index (χ3n) is 4.03. The average molecular weight is 327 g/mol. The second-order valence-electron chi connectivity index (χ2n) is 5.51. The van der Waals surface area contributed by atoms with Gasteiger partial charge in [0.2, 0.25) is 0 Å². The number of carbonyl (C=O) groups excluding carboxylic acids is 1. The maximum atomic E-state index is 12.5. The van der Waals surface area contributed by atoms with E-state index in [1.165, 1.54) is 0 Å². The van der Waals surface area contributed by atoms with Gasteiger partial charge in [-0.3, -0.25) is 0 Å². The van der Waals surface area contributed by atoms with E-state index in [2.05, 4.69) is 5.32 Å². The van der Waals surface area contributed by atoms with Crippen LogP contribution in [0, 0.1) is 0 Å². The van der Waals surface area contributed by atoms with Gasteiger partial charge in [0.1, 0.15) is 0 Å². The molecule has 2 rings (SSSR count). The van der Waals surface area contributed by atoms with Gasteiger partial charge >= 0.3 is 6.03 Å². The molecule has 1 unspecified atom stereocenters. The second-order valence-corrected chi connectivity index (χ2v) is 5.94. The number of ether oxygens (including phenoxy) is 1. The first kappa shape index (κ1) is 17.1. The number of aliphatic hydroxyl groups is 1. The summed E-state index contributed by atoms with van der Waals surface area (Å²) in [7, 11) is 1.64. The third kappa shape index (κ3) is 4.35. The minimum Gasteiger partial charge on any atom is -0.394 e. The highest BCUT2D eigenvalue weighted by molar-refractivity contribution is 6.30. The quantitative estimate of drug-likeness (QED) is 0.844. The van der Waals surface area contributed by atoms with Crippen molar-refractivity contribution in [3.8, 4) is 0 Å². The van der Waals surface area contributed by atoms with E-state index in [0.717, 1.165) is 18.4 Å². The summed E-state index contributed by atoms with van der Waals surface area (Å²) in [6.45, 7) is 1.25. The molecule has 2 amide bonds. The second kappa shape index (κ2) is 8.36. The standard InChI is InChI=1S/C16H23ClN2O3/c1-22-10-8-15(12-4-6-13(17)7-5-12)18-16(21)19-9-2-3-14(19)11-20/h4-7,14-15,20H,2-3,8-11H2,1H3,(H,18,21)/t14-,15?/m1/s1. The number of hydrogen-bond donors (Lipinski definition) is 2. The smallest absolute Gasteiger partial charge is 0.318 e. The first-order chi connectivity index (χ1) is 10.7. The SMILES string of the molecule is COCCC(NC(=O)N1CCC[C@@H]1CO)c1ccc(Cl)cc1. The third-order valence-corrected chi connectivity index (χ3v) is 4.28. The number of rotatable bonds is 6. The molecule has 0 radical (unpaired) electrons. The Kier molecular flexibility index (Phi) is 6.49. The summed E-state index contributed by atoms with van der Waals surface area (Å²) < 4.78 is 5.14. The minimum absolute atomic E-state index is 0.0110. The molecule has 6 heteroatoms. The fourth-order valence-electron chi connectivity index (χ4n) is 2.78. The van der Waals surface area contributed by atoms with Gasteiger partial charge in [0, 0.05) is 25.3 Å².